The molecule has 2 heterocycles. The fourth-order valence-corrected chi connectivity index (χ4v) is 2.52. The van der Waals surface area contributed by atoms with E-state index in [-0.39, 0.29) is 0 Å². The maximum absolute atomic E-state index is 12.9. The molecule has 0 amide bonds. The highest BCUT2D eigenvalue weighted by Crippen LogP contribution is 2.32. The molecule has 0 saturated heterocycles. The van der Waals surface area contributed by atoms with Crippen LogP contribution in [0.3, 0.4) is 0 Å². The van der Waals surface area contributed by atoms with Crippen molar-refractivity contribution in [3.8, 4) is 17.0 Å². The van der Waals surface area contributed by atoms with Crippen molar-refractivity contribution < 1.29 is 23.0 Å². The van der Waals surface area contributed by atoms with E-state index in [0.29, 0.717) is 35.0 Å². The second kappa shape index (κ2) is 6.16. The first kappa shape index (κ1) is 16.3. The lowest BCUT2D eigenvalue weighted by Crippen LogP contribution is -2.07. The summed E-state index contributed by atoms with van der Waals surface area (Å²) in [5.41, 5.74) is 0.996. The molecule has 3 rings (SSSR count). The Hall–Kier alpha value is -2.54. The van der Waals surface area contributed by atoms with Crippen LogP contribution in [-0.2, 0) is 12.8 Å². The standard InChI is InChI=1S/C17H15F3N2O2/c1-2-24-13-6-3-11(4-7-13)16-14(10-23)22-9-12(17(18,19)20)5-8-15(22)21-16/h3-9,23H,2,10H2,1H3. The van der Waals surface area contributed by atoms with Crippen molar-refractivity contribution in [3.63, 3.8) is 0 Å². The van der Waals surface area contributed by atoms with Crippen molar-refractivity contribution >= 4 is 5.65 Å². The van der Waals surface area contributed by atoms with Crippen molar-refractivity contribution in [2.24, 2.45) is 0 Å². The number of hydrogen-bond donors (Lipinski definition) is 1. The van der Waals surface area contributed by atoms with Crippen molar-refractivity contribution in [1.29, 1.82) is 0 Å². The van der Waals surface area contributed by atoms with E-state index >= 15 is 0 Å². The van der Waals surface area contributed by atoms with Crippen LogP contribution in [0.1, 0.15) is 18.2 Å². The molecule has 24 heavy (non-hydrogen) atoms. The molecule has 0 radical (unpaired) electrons. The van der Waals surface area contributed by atoms with Gasteiger partial charge in [-0.1, -0.05) is 0 Å². The molecule has 0 saturated carbocycles. The summed E-state index contributed by atoms with van der Waals surface area (Å²) < 4.78 is 45.3. The predicted molar refractivity (Wildman–Crippen MR) is 82.7 cm³/mol. The Kier molecular flexibility index (Phi) is 4.19. The Labute approximate surface area is 136 Å². The lowest BCUT2D eigenvalue weighted by Gasteiger charge is -2.08. The summed E-state index contributed by atoms with van der Waals surface area (Å²) >= 11 is 0. The summed E-state index contributed by atoms with van der Waals surface area (Å²) in [5.74, 6) is 0.690. The Morgan fingerprint density at radius 2 is 1.83 bits per heavy atom. The normalized spacial score (nSPS) is 11.9. The Morgan fingerprint density at radius 3 is 2.42 bits per heavy atom. The Morgan fingerprint density at radius 1 is 1.12 bits per heavy atom. The fraction of sp³-hybridized carbons (Fsp3) is 0.235. The maximum atomic E-state index is 12.9. The molecule has 0 aliphatic carbocycles. The molecule has 1 aromatic carbocycles. The highest BCUT2D eigenvalue weighted by Gasteiger charge is 2.31. The van der Waals surface area contributed by atoms with E-state index in [1.54, 1.807) is 24.3 Å². The molecular formula is C17H15F3N2O2. The monoisotopic (exact) mass is 336 g/mol. The molecule has 0 fully saturated rings. The van der Waals surface area contributed by atoms with Crippen LogP contribution in [0.15, 0.2) is 42.6 Å². The van der Waals surface area contributed by atoms with Crippen molar-refractivity contribution in [3.05, 3.63) is 53.9 Å². The van der Waals surface area contributed by atoms with E-state index in [1.165, 1.54) is 10.5 Å². The molecule has 1 N–H and O–H groups in total. The first-order chi connectivity index (χ1) is 11.4. The maximum Gasteiger partial charge on any atom is 0.417 e. The number of alkyl halides is 3. The quantitative estimate of drug-likeness (QED) is 0.786. The zero-order chi connectivity index (χ0) is 17.3. The van der Waals surface area contributed by atoms with E-state index in [4.69, 9.17) is 4.74 Å². The molecule has 126 valence electrons. The number of ether oxygens (including phenoxy) is 1. The molecule has 7 heteroatoms. The first-order valence-corrected chi connectivity index (χ1v) is 7.36. The van der Waals surface area contributed by atoms with E-state index < -0.39 is 18.3 Å². The second-order valence-corrected chi connectivity index (χ2v) is 5.17. The third-order valence-corrected chi connectivity index (χ3v) is 3.63. The van der Waals surface area contributed by atoms with Crippen molar-refractivity contribution in [2.45, 2.75) is 19.7 Å². The van der Waals surface area contributed by atoms with Crippen LogP contribution in [0.2, 0.25) is 0 Å². The van der Waals surface area contributed by atoms with Gasteiger partial charge in [-0.3, -0.25) is 0 Å². The number of pyridine rings is 1. The number of rotatable bonds is 4. The fourth-order valence-electron chi connectivity index (χ4n) is 2.52. The third kappa shape index (κ3) is 2.94. The van der Waals surface area contributed by atoms with Crippen LogP contribution in [-0.4, -0.2) is 21.1 Å². The zero-order valence-electron chi connectivity index (χ0n) is 12.8. The van der Waals surface area contributed by atoms with Gasteiger partial charge in [0.05, 0.1) is 30.2 Å². The summed E-state index contributed by atoms with van der Waals surface area (Å²) in [6, 6.07) is 9.30. The highest BCUT2D eigenvalue weighted by molar-refractivity contribution is 5.67. The average molecular weight is 336 g/mol. The number of nitrogens with zero attached hydrogens (tertiary/aromatic N) is 2. The van der Waals surface area contributed by atoms with E-state index in [2.05, 4.69) is 4.98 Å². The van der Waals surface area contributed by atoms with Crippen LogP contribution in [0.5, 0.6) is 5.75 Å². The minimum atomic E-state index is -4.45. The molecule has 0 atom stereocenters. The highest BCUT2D eigenvalue weighted by atomic mass is 19.4. The molecule has 0 bridgehead atoms. The summed E-state index contributed by atoms with van der Waals surface area (Å²) in [4.78, 5) is 4.35. The zero-order valence-corrected chi connectivity index (χ0v) is 12.8. The molecule has 0 aliphatic heterocycles. The van der Waals surface area contributed by atoms with Gasteiger partial charge in [-0.2, -0.15) is 13.2 Å². The van der Waals surface area contributed by atoms with Gasteiger partial charge in [-0.25, -0.2) is 4.98 Å². The number of benzene rings is 1. The lowest BCUT2D eigenvalue weighted by molar-refractivity contribution is -0.137. The number of halogens is 3. The van der Waals surface area contributed by atoms with E-state index in [1.807, 2.05) is 6.92 Å². The SMILES string of the molecule is CCOc1ccc(-c2nc3ccc(C(F)(F)F)cn3c2CO)cc1. The van der Waals surface area contributed by atoms with Crippen molar-refractivity contribution in [1.82, 2.24) is 9.38 Å². The van der Waals surface area contributed by atoms with Crippen molar-refractivity contribution in [2.75, 3.05) is 6.61 Å². The minimum absolute atomic E-state index is 0.306. The van der Waals surface area contributed by atoms with E-state index in [9.17, 15) is 18.3 Å². The number of aromatic nitrogens is 2. The van der Waals surface area contributed by atoms with Gasteiger partial charge < -0.3 is 14.2 Å². The van der Waals surface area contributed by atoms with Gasteiger partial charge in [-0.05, 0) is 43.3 Å². The third-order valence-electron chi connectivity index (χ3n) is 3.63. The van der Waals surface area contributed by atoms with Crippen LogP contribution in [0.25, 0.3) is 16.9 Å². The van der Waals surface area contributed by atoms with Crippen LogP contribution in [0.4, 0.5) is 13.2 Å². The molecule has 3 aromatic rings. The predicted octanol–water partition coefficient (Wildman–Crippen LogP) is 3.91. The molecule has 0 spiro atoms. The lowest BCUT2D eigenvalue weighted by atomic mass is 10.1. The first-order valence-electron chi connectivity index (χ1n) is 7.36. The number of fused-ring (bicyclic) bond motifs is 1. The topological polar surface area (TPSA) is 46.8 Å². The number of hydrogen-bond acceptors (Lipinski definition) is 3. The Balaban J connectivity index is 2.11. The molecule has 4 nitrogen and oxygen atoms in total. The second-order valence-electron chi connectivity index (χ2n) is 5.17. The number of aliphatic hydroxyl groups excluding tert-OH is 1. The van der Waals surface area contributed by atoms with Gasteiger partial charge in [0.15, 0.2) is 0 Å². The molecule has 0 unspecified atom stereocenters. The minimum Gasteiger partial charge on any atom is -0.494 e. The van der Waals surface area contributed by atoms with Crippen LogP contribution in [0, 0.1) is 0 Å². The smallest absolute Gasteiger partial charge is 0.417 e. The molecule has 2 aromatic heterocycles. The Bertz CT molecular complexity index is 855. The van der Waals surface area contributed by atoms with Gasteiger partial charge in [0.1, 0.15) is 11.4 Å². The number of imidazole rings is 1. The van der Waals surface area contributed by atoms with Crippen LogP contribution >= 0.6 is 0 Å². The largest absolute Gasteiger partial charge is 0.494 e. The van der Waals surface area contributed by atoms with Crippen LogP contribution < -0.4 is 4.74 Å². The summed E-state index contributed by atoms with van der Waals surface area (Å²) in [6.07, 6.45) is -3.50. The molecule has 0 aliphatic rings. The summed E-state index contributed by atoms with van der Waals surface area (Å²) in [7, 11) is 0. The average Bonchev–Trinajstić information content (AvgIpc) is 2.92. The van der Waals surface area contributed by atoms with Gasteiger partial charge in [0.25, 0.3) is 0 Å². The molecular weight excluding hydrogens is 321 g/mol. The van der Waals surface area contributed by atoms with Gasteiger partial charge in [0.2, 0.25) is 0 Å². The summed E-state index contributed by atoms with van der Waals surface area (Å²) in [6.45, 7) is 1.99. The summed E-state index contributed by atoms with van der Waals surface area (Å²) in [5, 5.41) is 9.63. The van der Waals surface area contributed by atoms with Gasteiger partial charge in [0, 0.05) is 11.8 Å². The van der Waals surface area contributed by atoms with E-state index in [0.717, 1.165) is 12.3 Å². The van der Waals surface area contributed by atoms with Gasteiger partial charge in [-0.15, -0.1) is 0 Å². The van der Waals surface area contributed by atoms with Gasteiger partial charge >= 0.3 is 6.18 Å². The number of aliphatic hydroxyl groups is 1.